The fourth-order valence-corrected chi connectivity index (χ4v) is 5.35. The minimum absolute atomic E-state index is 0.0704. The van der Waals surface area contributed by atoms with Gasteiger partial charge in [0.15, 0.2) is 5.78 Å². The van der Waals surface area contributed by atoms with Crippen molar-refractivity contribution in [1.82, 2.24) is 19.7 Å². The van der Waals surface area contributed by atoms with Gasteiger partial charge in [-0.15, -0.1) is 10.2 Å². The lowest BCUT2D eigenvalue weighted by Crippen LogP contribution is -2.15. The van der Waals surface area contributed by atoms with Gasteiger partial charge in [-0.2, -0.15) is 8.78 Å². The molecule has 40 heavy (non-hydrogen) atoms. The average molecular weight is 557 g/mol. The van der Waals surface area contributed by atoms with Gasteiger partial charge in [0.2, 0.25) is 5.16 Å². The molecule has 0 unspecified atom stereocenters. The minimum Gasteiger partial charge on any atom is -0.435 e. The number of hydrogen-bond donors (Lipinski definition) is 0. The quantitative estimate of drug-likeness (QED) is 0.138. The van der Waals surface area contributed by atoms with Crippen molar-refractivity contribution >= 4 is 17.5 Å². The highest BCUT2D eigenvalue weighted by molar-refractivity contribution is 8.00. The Kier molecular flexibility index (Phi) is 8.02. The summed E-state index contributed by atoms with van der Waals surface area (Å²) in [5.41, 5.74) is 6.09. The Hall–Kier alpha value is -4.37. The third-order valence-corrected chi connectivity index (χ3v) is 7.38. The van der Waals surface area contributed by atoms with Crippen LogP contribution in [-0.2, 0) is 0 Å². The molecule has 6 nitrogen and oxygen atoms in total. The van der Waals surface area contributed by atoms with Gasteiger partial charge in [0.1, 0.15) is 17.1 Å². The molecule has 2 heterocycles. The van der Waals surface area contributed by atoms with Crippen molar-refractivity contribution < 1.29 is 18.3 Å². The highest BCUT2D eigenvalue weighted by Crippen LogP contribution is 2.32. The van der Waals surface area contributed by atoms with E-state index in [1.54, 1.807) is 12.1 Å². The summed E-state index contributed by atoms with van der Waals surface area (Å²) in [6.45, 7) is 2.70. The van der Waals surface area contributed by atoms with Crippen molar-refractivity contribution in [2.24, 2.45) is 0 Å². The van der Waals surface area contributed by atoms with E-state index in [1.807, 2.05) is 92.1 Å². The summed E-state index contributed by atoms with van der Waals surface area (Å²) in [5.74, 6) is 0.00306. The number of hydrogen-bond acceptors (Lipinski definition) is 6. The van der Waals surface area contributed by atoms with Crippen LogP contribution in [0.4, 0.5) is 8.78 Å². The molecule has 0 amide bonds. The fraction of sp³-hybridized carbons (Fsp3) is 0.161. The number of benzene rings is 3. The molecular weight excluding hydrogens is 530 g/mol. The molecule has 0 fully saturated rings. The molecule has 5 aromatic rings. The van der Waals surface area contributed by atoms with Crippen molar-refractivity contribution in [1.29, 1.82) is 0 Å². The molecule has 0 aliphatic heterocycles. The predicted octanol–water partition coefficient (Wildman–Crippen LogP) is 7.58. The van der Waals surface area contributed by atoms with Crippen LogP contribution in [0, 0.1) is 13.8 Å². The smallest absolute Gasteiger partial charge is 0.387 e. The molecule has 0 saturated carbocycles. The Labute approximate surface area is 235 Å². The van der Waals surface area contributed by atoms with E-state index in [4.69, 9.17) is 4.98 Å². The number of rotatable bonds is 9. The van der Waals surface area contributed by atoms with Crippen LogP contribution in [0.5, 0.6) is 5.75 Å². The Bertz CT molecular complexity index is 1630. The number of carbonyl (C=O) groups excluding carboxylic acids is 1. The number of ketones is 1. The Morgan fingerprint density at radius 3 is 2.05 bits per heavy atom. The molecule has 9 heteroatoms. The van der Waals surface area contributed by atoms with Gasteiger partial charge in [-0.3, -0.25) is 4.79 Å². The highest BCUT2D eigenvalue weighted by Gasteiger charge is 2.24. The second-order valence-corrected chi connectivity index (χ2v) is 10.4. The number of aromatic nitrogens is 4. The molecule has 202 valence electrons. The summed E-state index contributed by atoms with van der Waals surface area (Å²) >= 11 is 1.26. The van der Waals surface area contributed by atoms with Gasteiger partial charge >= 0.3 is 6.61 Å². The number of Topliss-reactive ketones (excluding diaryl/α,β-unsaturated/α-hetero) is 1. The predicted molar refractivity (Wildman–Crippen MR) is 152 cm³/mol. The summed E-state index contributed by atoms with van der Waals surface area (Å²) in [5, 5.41) is 8.79. The van der Waals surface area contributed by atoms with Crippen LogP contribution in [0.1, 0.15) is 28.7 Å². The number of alkyl halides is 2. The van der Waals surface area contributed by atoms with E-state index in [9.17, 15) is 13.6 Å². The van der Waals surface area contributed by atoms with Crippen LogP contribution in [0.2, 0.25) is 0 Å². The van der Waals surface area contributed by atoms with Crippen LogP contribution >= 0.6 is 11.8 Å². The highest BCUT2D eigenvalue weighted by atomic mass is 32.2. The third kappa shape index (κ3) is 5.79. The maximum atomic E-state index is 13.6. The van der Waals surface area contributed by atoms with Crippen molar-refractivity contribution in [2.45, 2.75) is 37.8 Å². The molecule has 0 aliphatic rings. The first-order valence-electron chi connectivity index (χ1n) is 12.6. The normalized spacial score (nSPS) is 11.9. The minimum atomic E-state index is -2.89. The zero-order valence-corrected chi connectivity index (χ0v) is 22.9. The first-order valence-corrected chi connectivity index (χ1v) is 13.5. The molecule has 5 rings (SSSR count). The zero-order valence-electron chi connectivity index (χ0n) is 22.1. The summed E-state index contributed by atoms with van der Waals surface area (Å²) in [6, 6.07) is 27.7. The standard InChI is InChI=1S/C31H26F2N4O2S/c1-19-18-26(20(2)37(19)24-14-16-25(17-15-24)39-30(32)33)29(38)21(3)40-31-34-27(22-10-6-4-7-11-22)28(35-36-31)23-12-8-5-9-13-23/h4-18,21,30H,1-3H3/t21-/m0/s1. The van der Waals surface area contributed by atoms with Crippen molar-refractivity contribution in [2.75, 3.05) is 0 Å². The third-order valence-electron chi connectivity index (χ3n) is 6.43. The molecular formula is C31H26F2N4O2S. The Morgan fingerprint density at radius 2 is 1.45 bits per heavy atom. The van der Waals surface area contributed by atoms with Crippen molar-refractivity contribution in [3.05, 3.63) is 108 Å². The first kappa shape index (κ1) is 27.2. The molecule has 0 N–H and O–H groups in total. The molecule has 0 bridgehead atoms. The number of aryl methyl sites for hydroxylation is 1. The van der Waals surface area contributed by atoms with Crippen LogP contribution < -0.4 is 4.74 Å². The van der Waals surface area contributed by atoms with Gasteiger partial charge in [-0.25, -0.2) is 4.98 Å². The van der Waals surface area contributed by atoms with Crippen LogP contribution in [0.25, 0.3) is 28.2 Å². The molecule has 0 aliphatic carbocycles. The number of carbonyl (C=O) groups is 1. The number of nitrogens with zero attached hydrogens (tertiary/aromatic N) is 4. The SMILES string of the molecule is Cc1cc(C(=O)[C@H](C)Sc2nnc(-c3ccccc3)c(-c3ccccc3)n2)c(C)n1-c1ccc(OC(F)F)cc1. The maximum Gasteiger partial charge on any atom is 0.387 e. The van der Waals surface area contributed by atoms with Crippen molar-refractivity contribution in [3.8, 4) is 34.0 Å². The fourth-order valence-electron chi connectivity index (χ4n) is 4.57. The van der Waals surface area contributed by atoms with E-state index < -0.39 is 11.9 Å². The molecule has 1 atom stereocenters. The Morgan fingerprint density at radius 1 is 0.850 bits per heavy atom. The van der Waals surface area contributed by atoms with Gasteiger partial charge in [-0.1, -0.05) is 72.4 Å². The topological polar surface area (TPSA) is 69.9 Å². The van der Waals surface area contributed by atoms with E-state index in [0.717, 1.165) is 28.2 Å². The van der Waals surface area contributed by atoms with E-state index in [2.05, 4.69) is 14.9 Å². The van der Waals surface area contributed by atoms with Gasteiger partial charge in [0.05, 0.1) is 5.25 Å². The number of halogens is 2. The molecule has 0 spiro atoms. The van der Waals surface area contributed by atoms with E-state index in [1.165, 1.54) is 23.9 Å². The molecule has 2 aromatic heterocycles. The summed E-state index contributed by atoms with van der Waals surface area (Å²) in [7, 11) is 0. The molecule has 0 saturated heterocycles. The average Bonchev–Trinajstić information content (AvgIpc) is 3.27. The van der Waals surface area contributed by atoms with Gasteiger partial charge in [0, 0.05) is 33.8 Å². The number of thioether (sulfide) groups is 1. The summed E-state index contributed by atoms with van der Waals surface area (Å²) in [4.78, 5) is 18.4. The Balaban J connectivity index is 1.41. The van der Waals surface area contributed by atoms with Gasteiger partial charge < -0.3 is 9.30 Å². The number of ether oxygens (including phenoxy) is 1. The lowest BCUT2D eigenvalue weighted by molar-refractivity contribution is -0.0498. The first-order chi connectivity index (χ1) is 19.3. The van der Waals surface area contributed by atoms with E-state index >= 15 is 0 Å². The lowest BCUT2D eigenvalue weighted by Gasteiger charge is -2.13. The van der Waals surface area contributed by atoms with E-state index in [0.29, 0.717) is 22.1 Å². The van der Waals surface area contributed by atoms with Gasteiger partial charge in [0.25, 0.3) is 0 Å². The van der Waals surface area contributed by atoms with Crippen LogP contribution in [-0.4, -0.2) is 37.4 Å². The lowest BCUT2D eigenvalue weighted by atomic mass is 10.0. The second kappa shape index (κ2) is 11.8. The van der Waals surface area contributed by atoms with Crippen LogP contribution in [0.15, 0.2) is 96.2 Å². The largest absolute Gasteiger partial charge is 0.435 e. The summed E-state index contributed by atoms with van der Waals surface area (Å²) < 4.78 is 31.4. The zero-order chi connectivity index (χ0) is 28.2. The second-order valence-electron chi connectivity index (χ2n) is 9.14. The van der Waals surface area contributed by atoms with E-state index in [-0.39, 0.29) is 11.5 Å². The molecule has 0 radical (unpaired) electrons. The van der Waals surface area contributed by atoms with Crippen LogP contribution in [0.3, 0.4) is 0 Å². The maximum absolute atomic E-state index is 13.6. The summed E-state index contributed by atoms with van der Waals surface area (Å²) in [6.07, 6.45) is 0. The van der Waals surface area contributed by atoms with Crippen molar-refractivity contribution in [3.63, 3.8) is 0 Å². The van der Waals surface area contributed by atoms with Gasteiger partial charge in [-0.05, 0) is 51.1 Å². The monoisotopic (exact) mass is 556 g/mol. The molecule has 3 aromatic carbocycles.